The van der Waals surface area contributed by atoms with E-state index >= 15 is 0 Å². The van der Waals surface area contributed by atoms with Gasteiger partial charge in [-0.2, -0.15) is 0 Å². The van der Waals surface area contributed by atoms with Crippen molar-refractivity contribution in [3.05, 3.63) is 46.8 Å². The van der Waals surface area contributed by atoms with E-state index in [1.807, 2.05) is 43.5 Å². The molecule has 3 rings (SSSR count). The molecular formula is C17H18N2O3S2. The first-order chi connectivity index (χ1) is 11.6. The second kappa shape index (κ2) is 7.83. The average Bonchev–Trinajstić information content (AvgIpc) is 3.23. The zero-order chi connectivity index (χ0) is 16.9. The summed E-state index contributed by atoms with van der Waals surface area (Å²) in [6.07, 6.45) is -0.618. The van der Waals surface area contributed by atoms with Gasteiger partial charge in [0.05, 0.1) is 11.0 Å². The standard InChI is InChI=1S/C17H18N2O3S2/c1-11-5-6-14(12(2)8-11)21-9-13(20)10-24-17-19-18-16(22-17)15-4-3-7-23-15/h3-8,13,20H,9-10H2,1-2H3. The van der Waals surface area contributed by atoms with Gasteiger partial charge in [0.15, 0.2) is 0 Å². The molecule has 0 aliphatic heterocycles. The average molecular weight is 362 g/mol. The summed E-state index contributed by atoms with van der Waals surface area (Å²) >= 11 is 2.87. The Labute approximate surface area is 148 Å². The number of hydrogen-bond donors (Lipinski definition) is 1. The molecule has 126 valence electrons. The number of hydrogen-bond acceptors (Lipinski definition) is 7. The van der Waals surface area contributed by atoms with Crippen molar-refractivity contribution < 1.29 is 14.3 Å². The van der Waals surface area contributed by atoms with Gasteiger partial charge < -0.3 is 14.3 Å². The normalized spacial score (nSPS) is 12.3. The van der Waals surface area contributed by atoms with E-state index in [2.05, 4.69) is 16.3 Å². The summed E-state index contributed by atoms with van der Waals surface area (Å²) in [7, 11) is 0. The van der Waals surface area contributed by atoms with Crippen molar-refractivity contribution in [1.82, 2.24) is 10.2 Å². The number of thiophene rings is 1. The van der Waals surface area contributed by atoms with Crippen LogP contribution in [-0.4, -0.2) is 33.8 Å². The number of nitrogens with zero attached hydrogens (tertiary/aromatic N) is 2. The Morgan fingerprint density at radius 1 is 1.29 bits per heavy atom. The predicted octanol–water partition coefficient (Wildman–Crippen LogP) is 3.95. The van der Waals surface area contributed by atoms with Crippen LogP contribution in [-0.2, 0) is 0 Å². The van der Waals surface area contributed by atoms with Crippen LogP contribution >= 0.6 is 23.1 Å². The molecule has 1 unspecified atom stereocenters. The van der Waals surface area contributed by atoms with Crippen molar-refractivity contribution in [1.29, 1.82) is 0 Å². The van der Waals surface area contributed by atoms with Crippen molar-refractivity contribution in [3.63, 3.8) is 0 Å². The van der Waals surface area contributed by atoms with Crippen LogP contribution in [0, 0.1) is 13.8 Å². The summed E-state index contributed by atoms with van der Waals surface area (Å²) < 4.78 is 11.3. The zero-order valence-electron chi connectivity index (χ0n) is 13.4. The summed E-state index contributed by atoms with van der Waals surface area (Å²) in [6, 6.07) is 9.84. The summed E-state index contributed by atoms with van der Waals surface area (Å²) in [6.45, 7) is 4.26. The topological polar surface area (TPSA) is 68.4 Å². The smallest absolute Gasteiger partial charge is 0.276 e. The summed E-state index contributed by atoms with van der Waals surface area (Å²) in [5.74, 6) is 1.73. The molecule has 5 nitrogen and oxygen atoms in total. The van der Waals surface area contributed by atoms with Crippen LogP contribution in [0.5, 0.6) is 5.75 Å². The zero-order valence-corrected chi connectivity index (χ0v) is 15.1. The molecule has 24 heavy (non-hydrogen) atoms. The summed E-state index contributed by atoms with van der Waals surface area (Å²) in [5.41, 5.74) is 2.25. The first-order valence-corrected chi connectivity index (χ1v) is 9.36. The Morgan fingerprint density at radius 3 is 2.92 bits per heavy atom. The number of ether oxygens (including phenoxy) is 1. The second-order valence-corrected chi connectivity index (χ2v) is 7.31. The molecule has 0 saturated heterocycles. The molecule has 0 bridgehead atoms. The fourth-order valence-electron chi connectivity index (χ4n) is 2.13. The monoisotopic (exact) mass is 362 g/mol. The molecule has 1 N–H and O–H groups in total. The SMILES string of the molecule is Cc1ccc(OCC(O)CSc2nnc(-c3cccs3)o2)c(C)c1. The van der Waals surface area contributed by atoms with Gasteiger partial charge in [0.1, 0.15) is 12.4 Å². The molecule has 1 aromatic carbocycles. The number of rotatable bonds is 7. The maximum Gasteiger partial charge on any atom is 0.276 e. The summed E-state index contributed by atoms with van der Waals surface area (Å²) in [5, 5.41) is 20.5. The number of aryl methyl sites for hydroxylation is 2. The molecule has 1 atom stereocenters. The lowest BCUT2D eigenvalue weighted by molar-refractivity contribution is 0.126. The Morgan fingerprint density at radius 2 is 2.17 bits per heavy atom. The lowest BCUT2D eigenvalue weighted by atomic mass is 10.1. The molecule has 2 heterocycles. The quantitative estimate of drug-likeness (QED) is 0.642. The molecule has 0 amide bonds. The Hall–Kier alpha value is -1.83. The van der Waals surface area contributed by atoms with E-state index in [1.54, 1.807) is 11.3 Å². The molecule has 3 aromatic rings. The van der Waals surface area contributed by atoms with E-state index in [9.17, 15) is 5.11 Å². The number of thioether (sulfide) groups is 1. The van der Waals surface area contributed by atoms with Crippen molar-refractivity contribution in [2.75, 3.05) is 12.4 Å². The number of aliphatic hydroxyl groups excluding tert-OH is 1. The second-order valence-electron chi connectivity index (χ2n) is 5.40. The highest BCUT2D eigenvalue weighted by atomic mass is 32.2. The van der Waals surface area contributed by atoms with Crippen LogP contribution in [0.1, 0.15) is 11.1 Å². The van der Waals surface area contributed by atoms with E-state index in [0.717, 1.165) is 16.2 Å². The molecular weight excluding hydrogens is 344 g/mol. The molecule has 2 aromatic heterocycles. The molecule has 7 heteroatoms. The fraction of sp³-hybridized carbons (Fsp3) is 0.294. The van der Waals surface area contributed by atoms with Crippen LogP contribution in [0.3, 0.4) is 0 Å². The largest absolute Gasteiger partial charge is 0.491 e. The van der Waals surface area contributed by atoms with E-state index in [0.29, 0.717) is 16.9 Å². The van der Waals surface area contributed by atoms with Gasteiger partial charge in [0.25, 0.3) is 11.1 Å². The van der Waals surface area contributed by atoms with Crippen LogP contribution in [0.4, 0.5) is 0 Å². The van der Waals surface area contributed by atoms with Crippen molar-refractivity contribution in [2.24, 2.45) is 0 Å². The Balaban J connectivity index is 1.48. The highest BCUT2D eigenvalue weighted by molar-refractivity contribution is 7.99. The number of aromatic nitrogens is 2. The first kappa shape index (κ1) is 17.0. The van der Waals surface area contributed by atoms with Crippen molar-refractivity contribution in [2.45, 2.75) is 25.2 Å². The van der Waals surface area contributed by atoms with Gasteiger partial charge in [-0.1, -0.05) is 35.5 Å². The third kappa shape index (κ3) is 4.37. The van der Waals surface area contributed by atoms with Crippen molar-refractivity contribution in [3.8, 4) is 16.5 Å². The van der Waals surface area contributed by atoms with Gasteiger partial charge in [-0.05, 0) is 36.9 Å². The first-order valence-electron chi connectivity index (χ1n) is 7.50. The molecule has 0 aliphatic carbocycles. The van der Waals surface area contributed by atoms with Crippen LogP contribution < -0.4 is 4.74 Å². The number of benzene rings is 1. The van der Waals surface area contributed by atoms with Gasteiger partial charge in [-0.15, -0.1) is 21.5 Å². The van der Waals surface area contributed by atoms with Gasteiger partial charge in [0, 0.05) is 5.75 Å². The molecule has 0 spiro atoms. The molecule has 0 aliphatic rings. The minimum atomic E-state index is -0.618. The van der Waals surface area contributed by atoms with E-state index in [1.165, 1.54) is 17.3 Å². The minimum Gasteiger partial charge on any atom is -0.491 e. The van der Waals surface area contributed by atoms with E-state index < -0.39 is 6.10 Å². The van der Waals surface area contributed by atoms with E-state index in [-0.39, 0.29) is 6.61 Å². The van der Waals surface area contributed by atoms with Gasteiger partial charge in [-0.25, -0.2) is 0 Å². The Bertz CT molecular complexity index is 787. The third-order valence-corrected chi connectivity index (χ3v) is 5.12. The minimum absolute atomic E-state index is 0.225. The number of aliphatic hydroxyl groups is 1. The lowest BCUT2D eigenvalue weighted by Crippen LogP contribution is -2.20. The highest BCUT2D eigenvalue weighted by Crippen LogP contribution is 2.27. The van der Waals surface area contributed by atoms with Gasteiger partial charge >= 0.3 is 0 Å². The predicted molar refractivity (Wildman–Crippen MR) is 95.8 cm³/mol. The van der Waals surface area contributed by atoms with Crippen LogP contribution in [0.2, 0.25) is 0 Å². The van der Waals surface area contributed by atoms with Crippen LogP contribution in [0.15, 0.2) is 45.4 Å². The van der Waals surface area contributed by atoms with Crippen molar-refractivity contribution >= 4 is 23.1 Å². The van der Waals surface area contributed by atoms with Gasteiger partial charge in [0.2, 0.25) is 0 Å². The molecule has 0 radical (unpaired) electrons. The maximum atomic E-state index is 10.1. The van der Waals surface area contributed by atoms with Crippen LogP contribution in [0.25, 0.3) is 10.8 Å². The third-order valence-electron chi connectivity index (χ3n) is 3.30. The lowest BCUT2D eigenvalue weighted by Gasteiger charge is -2.13. The summed E-state index contributed by atoms with van der Waals surface area (Å²) in [4.78, 5) is 0.938. The van der Waals surface area contributed by atoms with E-state index in [4.69, 9.17) is 9.15 Å². The highest BCUT2D eigenvalue weighted by Gasteiger charge is 2.13. The van der Waals surface area contributed by atoms with Gasteiger partial charge in [-0.3, -0.25) is 0 Å². The Kier molecular flexibility index (Phi) is 5.55. The maximum absolute atomic E-state index is 10.1. The molecule has 0 fully saturated rings. The molecule has 0 saturated carbocycles. The fourth-order valence-corrected chi connectivity index (χ4v) is 3.44.